The van der Waals surface area contributed by atoms with Crippen LogP contribution in [0.1, 0.15) is 26.2 Å². The highest BCUT2D eigenvalue weighted by Crippen LogP contribution is 2.07. The Bertz CT molecular complexity index is 178. The largest absolute Gasteiger partial charge is 0.385 e. The first kappa shape index (κ1) is 13.9. The van der Waals surface area contributed by atoms with Crippen LogP contribution in [0.4, 0.5) is 0 Å². The van der Waals surface area contributed by atoms with Crippen LogP contribution in [0.25, 0.3) is 0 Å². The zero-order chi connectivity index (χ0) is 11.8. The molecule has 96 valence electrons. The maximum absolute atomic E-state index is 6.10. The maximum atomic E-state index is 6.10. The lowest BCUT2D eigenvalue weighted by atomic mass is 10.1. The van der Waals surface area contributed by atoms with Gasteiger partial charge in [-0.2, -0.15) is 0 Å². The Morgan fingerprint density at radius 3 is 3.12 bits per heavy atom. The van der Waals surface area contributed by atoms with E-state index in [0.717, 1.165) is 52.1 Å². The van der Waals surface area contributed by atoms with Crippen molar-refractivity contribution >= 4 is 0 Å². The lowest BCUT2D eigenvalue weighted by Crippen LogP contribution is -2.40. The fourth-order valence-electron chi connectivity index (χ4n) is 2.16. The molecule has 0 aromatic carbocycles. The van der Waals surface area contributed by atoms with Gasteiger partial charge in [-0.25, -0.2) is 0 Å². The van der Waals surface area contributed by atoms with Crippen molar-refractivity contribution in [3.8, 4) is 0 Å². The minimum atomic E-state index is 0.264. The number of nitrogens with zero attached hydrogens (tertiary/aromatic N) is 1. The molecule has 2 unspecified atom stereocenters. The van der Waals surface area contributed by atoms with Gasteiger partial charge < -0.3 is 15.2 Å². The van der Waals surface area contributed by atoms with Gasteiger partial charge in [0.1, 0.15) is 0 Å². The maximum Gasteiger partial charge on any atom is 0.0673 e. The predicted molar refractivity (Wildman–Crippen MR) is 65.6 cm³/mol. The third-order valence-electron chi connectivity index (χ3n) is 2.95. The van der Waals surface area contributed by atoms with Crippen molar-refractivity contribution in [3.63, 3.8) is 0 Å². The van der Waals surface area contributed by atoms with E-state index in [-0.39, 0.29) is 6.04 Å². The normalized spacial score (nSPS) is 25.3. The molecule has 4 nitrogen and oxygen atoms in total. The highest BCUT2D eigenvalue weighted by atomic mass is 16.5. The molecule has 0 amide bonds. The quantitative estimate of drug-likeness (QED) is 0.687. The molecule has 1 saturated heterocycles. The van der Waals surface area contributed by atoms with Crippen molar-refractivity contribution in [1.82, 2.24) is 4.90 Å². The van der Waals surface area contributed by atoms with Crippen LogP contribution in [0.5, 0.6) is 0 Å². The lowest BCUT2D eigenvalue weighted by Gasteiger charge is -2.25. The highest BCUT2D eigenvalue weighted by molar-refractivity contribution is 4.72. The minimum Gasteiger partial charge on any atom is -0.385 e. The zero-order valence-corrected chi connectivity index (χ0v) is 10.7. The summed E-state index contributed by atoms with van der Waals surface area (Å²) in [6.45, 7) is 6.94. The van der Waals surface area contributed by atoms with Gasteiger partial charge in [-0.3, -0.25) is 4.90 Å². The molecule has 0 aliphatic carbocycles. The van der Waals surface area contributed by atoms with Crippen molar-refractivity contribution in [3.05, 3.63) is 0 Å². The second-order valence-corrected chi connectivity index (χ2v) is 4.69. The van der Waals surface area contributed by atoms with E-state index < -0.39 is 0 Å². The number of nitrogens with two attached hydrogens (primary N) is 1. The molecule has 0 radical (unpaired) electrons. The van der Waals surface area contributed by atoms with Crippen LogP contribution in [-0.4, -0.2) is 57.0 Å². The van der Waals surface area contributed by atoms with Crippen LogP contribution >= 0.6 is 0 Å². The second-order valence-electron chi connectivity index (χ2n) is 4.69. The first-order chi connectivity index (χ1) is 7.72. The molecule has 16 heavy (non-hydrogen) atoms. The molecule has 2 N–H and O–H groups in total. The summed E-state index contributed by atoms with van der Waals surface area (Å²) in [6.07, 6.45) is 3.56. The molecular weight excluding hydrogens is 204 g/mol. The smallest absolute Gasteiger partial charge is 0.0673 e. The van der Waals surface area contributed by atoms with Crippen molar-refractivity contribution in [2.45, 2.75) is 38.3 Å². The minimum absolute atomic E-state index is 0.264. The molecular formula is C12H26N2O2. The summed E-state index contributed by atoms with van der Waals surface area (Å²) in [5.74, 6) is 0. The Kier molecular flexibility index (Phi) is 6.96. The number of ether oxygens (including phenoxy) is 2. The van der Waals surface area contributed by atoms with Crippen LogP contribution in [0, 0.1) is 0 Å². The number of methoxy groups -OCH3 is 1. The Labute approximate surface area is 99.1 Å². The van der Waals surface area contributed by atoms with Gasteiger partial charge in [-0.15, -0.1) is 0 Å². The first-order valence-corrected chi connectivity index (χ1v) is 6.31. The van der Waals surface area contributed by atoms with Crippen molar-refractivity contribution in [2.24, 2.45) is 5.73 Å². The van der Waals surface area contributed by atoms with Crippen molar-refractivity contribution < 1.29 is 9.47 Å². The molecule has 1 fully saturated rings. The molecule has 0 saturated carbocycles. The van der Waals surface area contributed by atoms with Gasteiger partial charge in [-0.05, 0) is 26.2 Å². The fraction of sp³-hybridized carbons (Fsp3) is 1.00. The van der Waals surface area contributed by atoms with E-state index in [1.54, 1.807) is 7.11 Å². The van der Waals surface area contributed by atoms with E-state index in [1.165, 1.54) is 0 Å². The average Bonchev–Trinajstić information content (AvgIpc) is 2.43. The summed E-state index contributed by atoms with van der Waals surface area (Å²) in [5.41, 5.74) is 6.10. The van der Waals surface area contributed by atoms with Crippen molar-refractivity contribution in [1.29, 1.82) is 0 Å². The fourth-order valence-corrected chi connectivity index (χ4v) is 2.16. The summed E-state index contributed by atoms with van der Waals surface area (Å²) in [7, 11) is 1.74. The second kappa shape index (κ2) is 8.01. The Morgan fingerprint density at radius 1 is 1.56 bits per heavy atom. The molecule has 0 aromatic heterocycles. The average molecular weight is 230 g/mol. The summed E-state index contributed by atoms with van der Waals surface area (Å²) in [6, 6.07) is 0.264. The number of rotatable bonds is 6. The van der Waals surface area contributed by atoms with Gasteiger partial charge in [0.05, 0.1) is 6.10 Å². The predicted octanol–water partition coefficient (Wildman–Crippen LogP) is 0.851. The Hall–Kier alpha value is -0.160. The van der Waals surface area contributed by atoms with Gasteiger partial charge in [0, 0.05) is 46.0 Å². The van der Waals surface area contributed by atoms with E-state index in [9.17, 15) is 0 Å². The summed E-state index contributed by atoms with van der Waals surface area (Å²) in [4.78, 5) is 2.43. The Balaban J connectivity index is 2.18. The van der Waals surface area contributed by atoms with Crippen LogP contribution in [-0.2, 0) is 9.47 Å². The molecule has 1 heterocycles. The summed E-state index contributed by atoms with van der Waals surface area (Å²) < 4.78 is 10.6. The van der Waals surface area contributed by atoms with Gasteiger partial charge in [0.2, 0.25) is 0 Å². The van der Waals surface area contributed by atoms with Crippen molar-refractivity contribution in [2.75, 3.05) is 40.0 Å². The molecule has 1 rings (SSSR count). The first-order valence-electron chi connectivity index (χ1n) is 6.31. The molecule has 0 bridgehead atoms. The van der Waals surface area contributed by atoms with Crippen LogP contribution in [0.15, 0.2) is 0 Å². The molecule has 1 aliphatic heterocycles. The highest BCUT2D eigenvalue weighted by Gasteiger charge is 2.16. The van der Waals surface area contributed by atoms with Crippen LogP contribution in [0.2, 0.25) is 0 Å². The van der Waals surface area contributed by atoms with Crippen LogP contribution in [0.3, 0.4) is 0 Å². The molecule has 0 spiro atoms. The standard InChI is InChI=1S/C12H26N2O2/c1-11-9-14(6-4-8-16-11)10-12(13)5-3-7-15-2/h11-12H,3-10,13H2,1-2H3. The lowest BCUT2D eigenvalue weighted by molar-refractivity contribution is 0.0667. The van der Waals surface area contributed by atoms with E-state index in [4.69, 9.17) is 15.2 Å². The van der Waals surface area contributed by atoms with Crippen LogP contribution < -0.4 is 5.73 Å². The third-order valence-corrected chi connectivity index (χ3v) is 2.95. The van der Waals surface area contributed by atoms with E-state index in [1.807, 2.05) is 0 Å². The van der Waals surface area contributed by atoms with E-state index in [0.29, 0.717) is 6.10 Å². The molecule has 2 atom stereocenters. The van der Waals surface area contributed by atoms with Gasteiger partial charge in [0.15, 0.2) is 0 Å². The topological polar surface area (TPSA) is 47.7 Å². The zero-order valence-electron chi connectivity index (χ0n) is 10.7. The number of hydrogen-bond acceptors (Lipinski definition) is 4. The molecule has 4 heteroatoms. The summed E-state index contributed by atoms with van der Waals surface area (Å²) >= 11 is 0. The SMILES string of the molecule is COCCCC(N)CN1CCCOC(C)C1. The monoisotopic (exact) mass is 230 g/mol. The van der Waals surface area contributed by atoms with Gasteiger partial charge in [0.25, 0.3) is 0 Å². The van der Waals surface area contributed by atoms with E-state index >= 15 is 0 Å². The molecule has 0 aromatic rings. The third kappa shape index (κ3) is 5.80. The van der Waals surface area contributed by atoms with Gasteiger partial charge >= 0.3 is 0 Å². The number of hydrogen-bond donors (Lipinski definition) is 1. The van der Waals surface area contributed by atoms with E-state index in [2.05, 4.69) is 11.8 Å². The van der Waals surface area contributed by atoms with Gasteiger partial charge in [-0.1, -0.05) is 0 Å². The Morgan fingerprint density at radius 2 is 2.38 bits per heavy atom. The summed E-state index contributed by atoms with van der Waals surface area (Å²) in [5, 5.41) is 0. The molecule has 1 aliphatic rings.